The maximum absolute atomic E-state index is 12.2. The highest BCUT2D eigenvalue weighted by molar-refractivity contribution is 5.95. The zero-order valence-electron chi connectivity index (χ0n) is 16.2. The van der Waals surface area contributed by atoms with E-state index in [0.717, 1.165) is 11.1 Å². The third-order valence-corrected chi connectivity index (χ3v) is 4.43. The lowest BCUT2D eigenvalue weighted by molar-refractivity contribution is -0.384. The number of hydrazone groups is 1. The summed E-state index contributed by atoms with van der Waals surface area (Å²) in [5, 5.41) is 14.7. The van der Waals surface area contributed by atoms with Crippen molar-refractivity contribution in [3.8, 4) is 17.2 Å². The van der Waals surface area contributed by atoms with Crippen molar-refractivity contribution in [1.82, 2.24) is 5.43 Å². The molecule has 0 unspecified atom stereocenters. The quantitative estimate of drug-likeness (QED) is 0.355. The summed E-state index contributed by atoms with van der Waals surface area (Å²) in [6.45, 7) is 0.403. The Hall–Kier alpha value is -4.40. The topological polar surface area (TPSA) is 112 Å². The van der Waals surface area contributed by atoms with Crippen LogP contribution in [0.5, 0.6) is 17.2 Å². The molecule has 9 nitrogen and oxygen atoms in total. The van der Waals surface area contributed by atoms with Crippen molar-refractivity contribution in [2.45, 2.75) is 6.61 Å². The van der Waals surface area contributed by atoms with Crippen molar-refractivity contribution in [2.24, 2.45) is 5.10 Å². The molecule has 1 amide bonds. The van der Waals surface area contributed by atoms with Gasteiger partial charge in [-0.05, 0) is 53.6 Å². The Morgan fingerprint density at radius 3 is 2.71 bits per heavy atom. The standard InChI is InChI=1S/C22H17N3O6/c26-22(17-6-9-20-21(11-17)31-14-30-20)24-23-12-16-2-1-3-19(10-16)29-13-15-4-7-18(8-5-15)25(27)28/h1-12H,13-14H2,(H,24,26)/b23-12-. The Balaban J connectivity index is 1.33. The number of benzene rings is 3. The minimum Gasteiger partial charge on any atom is -0.489 e. The van der Waals surface area contributed by atoms with Crippen LogP contribution >= 0.6 is 0 Å². The van der Waals surface area contributed by atoms with Crippen molar-refractivity contribution in [3.05, 3.63) is 93.5 Å². The average Bonchev–Trinajstić information content (AvgIpc) is 3.26. The number of hydrogen-bond acceptors (Lipinski definition) is 7. The lowest BCUT2D eigenvalue weighted by atomic mass is 10.2. The van der Waals surface area contributed by atoms with Gasteiger partial charge in [-0.25, -0.2) is 5.43 Å². The number of amides is 1. The monoisotopic (exact) mass is 419 g/mol. The number of carbonyl (C=O) groups excluding carboxylic acids is 1. The van der Waals surface area contributed by atoms with Gasteiger partial charge in [0.05, 0.1) is 11.1 Å². The molecule has 0 fully saturated rings. The van der Waals surface area contributed by atoms with E-state index in [2.05, 4.69) is 10.5 Å². The first kappa shape index (κ1) is 19.9. The molecular formula is C22H17N3O6. The summed E-state index contributed by atoms with van der Waals surface area (Å²) >= 11 is 0. The van der Waals surface area contributed by atoms with E-state index in [-0.39, 0.29) is 25.0 Å². The Labute approximate surface area is 177 Å². The SMILES string of the molecule is O=C(N/N=C\c1cccc(OCc2ccc([N+](=O)[O-])cc2)c1)c1ccc2c(c1)OCO2. The molecule has 31 heavy (non-hydrogen) atoms. The predicted octanol–water partition coefficient (Wildman–Crippen LogP) is 3.67. The number of non-ortho nitro benzene ring substituents is 1. The molecule has 1 aliphatic rings. The van der Waals surface area contributed by atoms with E-state index >= 15 is 0 Å². The number of fused-ring (bicyclic) bond motifs is 1. The van der Waals surface area contributed by atoms with E-state index in [4.69, 9.17) is 14.2 Å². The molecule has 1 aliphatic heterocycles. The summed E-state index contributed by atoms with van der Waals surface area (Å²) < 4.78 is 16.2. The number of nitrogens with one attached hydrogen (secondary N) is 1. The van der Waals surface area contributed by atoms with Crippen LogP contribution in [0.25, 0.3) is 0 Å². The van der Waals surface area contributed by atoms with E-state index < -0.39 is 4.92 Å². The van der Waals surface area contributed by atoms with Gasteiger partial charge in [0.1, 0.15) is 12.4 Å². The number of nitro groups is 1. The van der Waals surface area contributed by atoms with Crippen LogP contribution in [0, 0.1) is 10.1 Å². The van der Waals surface area contributed by atoms with Crippen LogP contribution in [-0.2, 0) is 6.61 Å². The number of ether oxygens (including phenoxy) is 3. The molecule has 1 heterocycles. The molecule has 0 radical (unpaired) electrons. The van der Waals surface area contributed by atoms with Crippen LogP contribution in [0.3, 0.4) is 0 Å². The van der Waals surface area contributed by atoms with Crippen LogP contribution < -0.4 is 19.6 Å². The van der Waals surface area contributed by atoms with E-state index in [0.29, 0.717) is 22.8 Å². The minimum absolute atomic E-state index is 0.0322. The second kappa shape index (κ2) is 8.95. The van der Waals surface area contributed by atoms with E-state index in [1.165, 1.54) is 18.3 Å². The third-order valence-electron chi connectivity index (χ3n) is 4.43. The predicted molar refractivity (Wildman–Crippen MR) is 111 cm³/mol. The van der Waals surface area contributed by atoms with E-state index in [9.17, 15) is 14.9 Å². The van der Waals surface area contributed by atoms with Crippen LogP contribution in [0.2, 0.25) is 0 Å². The number of nitrogens with zero attached hydrogens (tertiary/aromatic N) is 2. The Bertz CT molecular complexity index is 1140. The zero-order valence-corrected chi connectivity index (χ0v) is 16.2. The maximum atomic E-state index is 12.2. The van der Waals surface area contributed by atoms with Crippen molar-refractivity contribution in [3.63, 3.8) is 0 Å². The summed E-state index contributed by atoms with van der Waals surface area (Å²) in [6, 6.07) is 18.2. The van der Waals surface area contributed by atoms with Gasteiger partial charge in [-0.3, -0.25) is 14.9 Å². The Morgan fingerprint density at radius 1 is 1.10 bits per heavy atom. The minimum atomic E-state index is -0.446. The average molecular weight is 419 g/mol. The Morgan fingerprint density at radius 2 is 1.90 bits per heavy atom. The van der Waals surface area contributed by atoms with E-state index in [1.807, 2.05) is 6.07 Å². The van der Waals surface area contributed by atoms with E-state index in [1.54, 1.807) is 48.5 Å². The van der Waals surface area contributed by atoms with Gasteiger partial charge >= 0.3 is 0 Å². The van der Waals surface area contributed by atoms with Crippen LogP contribution in [0.4, 0.5) is 5.69 Å². The fraction of sp³-hybridized carbons (Fsp3) is 0.0909. The molecule has 0 aliphatic carbocycles. The van der Waals surface area contributed by atoms with Gasteiger partial charge < -0.3 is 14.2 Å². The number of hydrogen-bond donors (Lipinski definition) is 1. The molecule has 156 valence electrons. The van der Waals surface area contributed by atoms with Crippen molar-refractivity contribution in [1.29, 1.82) is 0 Å². The van der Waals surface area contributed by atoms with Crippen molar-refractivity contribution >= 4 is 17.8 Å². The second-order valence-electron chi connectivity index (χ2n) is 6.55. The molecule has 3 aromatic rings. The highest BCUT2D eigenvalue weighted by atomic mass is 16.7. The molecule has 0 saturated carbocycles. The summed E-state index contributed by atoms with van der Waals surface area (Å²) in [4.78, 5) is 22.5. The maximum Gasteiger partial charge on any atom is 0.271 e. The largest absolute Gasteiger partial charge is 0.489 e. The van der Waals surface area contributed by atoms with Crippen LogP contribution in [0.15, 0.2) is 71.8 Å². The van der Waals surface area contributed by atoms with Gasteiger partial charge in [0, 0.05) is 17.7 Å². The smallest absolute Gasteiger partial charge is 0.271 e. The fourth-order valence-electron chi connectivity index (χ4n) is 2.83. The summed E-state index contributed by atoms with van der Waals surface area (Å²) in [5.41, 5.74) is 4.44. The first-order valence-electron chi connectivity index (χ1n) is 9.28. The van der Waals surface area contributed by atoms with Gasteiger partial charge in [0.15, 0.2) is 11.5 Å². The van der Waals surface area contributed by atoms with Gasteiger partial charge in [-0.15, -0.1) is 0 Å². The summed E-state index contributed by atoms with van der Waals surface area (Å²) in [6.07, 6.45) is 1.50. The molecule has 0 bridgehead atoms. The molecule has 0 aromatic heterocycles. The summed E-state index contributed by atoms with van der Waals surface area (Å²) in [7, 11) is 0. The molecule has 4 rings (SSSR count). The summed E-state index contributed by atoms with van der Waals surface area (Å²) in [5.74, 6) is 1.35. The number of carbonyl (C=O) groups is 1. The third kappa shape index (κ3) is 4.96. The van der Waals surface area contributed by atoms with Gasteiger partial charge in [-0.1, -0.05) is 12.1 Å². The second-order valence-corrected chi connectivity index (χ2v) is 6.55. The van der Waals surface area contributed by atoms with Gasteiger partial charge in [0.2, 0.25) is 6.79 Å². The molecule has 3 aromatic carbocycles. The molecule has 0 spiro atoms. The number of rotatable bonds is 7. The highest BCUT2D eigenvalue weighted by Gasteiger charge is 2.15. The molecule has 0 saturated heterocycles. The molecular weight excluding hydrogens is 402 g/mol. The Kier molecular flexibility index (Phi) is 5.75. The highest BCUT2D eigenvalue weighted by Crippen LogP contribution is 2.32. The van der Waals surface area contributed by atoms with Crippen LogP contribution in [-0.4, -0.2) is 23.8 Å². The first-order chi connectivity index (χ1) is 15.1. The zero-order chi connectivity index (χ0) is 21.6. The molecule has 0 atom stereocenters. The van der Waals surface area contributed by atoms with Crippen molar-refractivity contribution < 1.29 is 23.9 Å². The van der Waals surface area contributed by atoms with Crippen molar-refractivity contribution in [2.75, 3.05) is 6.79 Å². The molecule has 1 N–H and O–H groups in total. The number of nitro benzene ring substituents is 1. The van der Waals surface area contributed by atoms with Gasteiger partial charge in [0.25, 0.3) is 11.6 Å². The fourth-order valence-corrected chi connectivity index (χ4v) is 2.83. The normalized spacial score (nSPS) is 12.0. The lowest BCUT2D eigenvalue weighted by Gasteiger charge is -2.07. The van der Waals surface area contributed by atoms with Gasteiger partial charge in [-0.2, -0.15) is 5.10 Å². The lowest BCUT2D eigenvalue weighted by Crippen LogP contribution is -2.17. The molecule has 9 heteroatoms. The van der Waals surface area contributed by atoms with Crippen LogP contribution in [0.1, 0.15) is 21.5 Å². The first-order valence-corrected chi connectivity index (χ1v) is 9.28.